The Bertz CT molecular complexity index is 957. The van der Waals surface area contributed by atoms with Gasteiger partial charge in [-0.25, -0.2) is 9.38 Å². The Kier molecular flexibility index (Phi) is 5.67. The van der Waals surface area contributed by atoms with Crippen molar-refractivity contribution >= 4 is 17.8 Å². The molecule has 174 valence electrons. The van der Waals surface area contributed by atoms with Crippen LogP contribution < -0.4 is 15.8 Å². The minimum absolute atomic E-state index is 0.0251. The van der Waals surface area contributed by atoms with Crippen molar-refractivity contribution in [3.63, 3.8) is 0 Å². The Hall–Kier alpha value is -2.64. The Morgan fingerprint density at radius 1 is 1.34 bits per heavy atom. The summed E-state index contributed by atoms with van der Waals surface area (Å²) in [5.74, 6) is 0.243. The van der Waals surface area contributed by atoms with Gasteiger partial charge in [-0.15, -0.1) is 0 Å². The lowest BCUT2D eigenvalue weighted by atomic mass is 9.88. The quantitative estimate of drug-likeness (QED) is 0.704. The molecule has 0 bridgehead atoms. The first-order valence-electron chi connectivity index (χ1n) is 11.5. The summed E-state index contributed by atoms with van der Waals surface area (Å²) in [6.07, 6.45) is 3.12. The largest absolute Gasteiger partial charge is 0.487 e. The summed E-state index contributed by atoms with van der Waals surface area (Å²) >= 11 is 0. The van der Waals surface area contributed by atoms with Gasteiger partial charge < -0.3 is 15.8 Å². The number of nitrogens with two attached hydrogens (primary N) is 1. The van der Waals surface area contributed by atoms with E-state index in [0.29, 0.717) is 37.1 Å². The first-order valence-corrected chi connectivity index (χ1v) is 11.5. The molecule has 1 aromatic rings. The molecule has 0 saturated heterocycles. The Morgan fingerprint density at radius 3 is 2.72 bits per heavy atom. The van der Waals surface area contributed by atoms with Crippen molar-refractivity contribution in [2.75, 3.05) is 6.54 Å². The van der Waals surface area contributed by atoms with Crippen LogP contribution in [0.4, 0.5) is 4.39 Å². The number of rotatable bonds is 6. The SMILES string of the molecule is CCC1(CC)CC(=O)N(CC2C[C@H]2C(=O)NC2CC(C)(C)Oc3ccc(F)cc32)C(N)=N1. The van der Waals surface area contributed by atoms with E-state index in [1.807, 2.05) is 27.7 Å². The second-order valence-electron chi connectivity index (χ2n) is 9.99. The number of hydrogen-bond acceptors (Lipinski definition) is 5. The number of ether oxygens (including phenoxy) is 1. The number of carbonyl (C=O) groups is 2. The van der Waals surface area contributed by atoms with E-state index in [9.17, 15) is 14.0 Å². The molecule has 0 aromatic heterocycles. The van der Waals surface area contributed by atoms with Gasteiger partial charge in [0.05, 0.1) is 18.0 Å². The maximum Gasteiger partial charge on any atom is 0.231 e. The predicted octanol–water partition coefficient (Wildman–Crippen LogP) is 3.29. The van der Waals surface area contributed by atoms with Gasteiger partial charge in [-0.05, 0) is 57.2 Å². The average molecular weight is 445 g/mol. The van der Waals surface area contributed by atoms with Crippen molar-refractivity contribution in [2.24, 2.45) is 22.6 Å². The Balaban J connectivity index is 1.41. The molecule has 32 heavy (non-hydrogen) atoms. The van der Waals surface area contributed by atoms with Crippen LogP contribution in [0.15, 0.2) is 23.2 Å². The van der Waals surface area contributed by atoms with E-state index < -0.39 is 11.1 Å². The molecule has 3 atom stereocenters. The van der Waals surface area contributed by atoms with Gasteiger partial charge in [0, 0.05) is 24.4 Å². The molecule has 0 spiro atoms. The number of nitrogens with zero attached hydrogens (tertiary/aromatic N) is 2. The Morgan fingerprint density at radius 2 is 2.06 bits per heavy atom. The van der Waals surface area contributed by atoms with Gasteiger partial charge in [0.15, 0.2) is 5.96 Å². The lowest BCUT2D eigenvalue weighted by Crippen LogP contribution is -2.52. The second-order valence-corrected chi connectivity index (χ2v) is 9.99. The van der Waals surface area contributed by atoms with Gasteiger partial charge in [-0.2, -0.15) is 0 Å². The van der Waals surface area contributed by atoms with E-state index in [2.05, 4.69) is 10.3 Å². The van der Waals surface area contributed by atoms with Gasteiger partial charge in [-0.3, -0.25) is 14.5 Å². The first-order chi connectivity index (χ1) is 15.1. The van der Waals surface area contributed by atoms with Crippen molar-refractivity contribution in [1.82, 2.24) is 10.2 Å². The summed E-state index contributed by atoms with van der Waals surface area (Å²) < 4.78 is 19.8. The van der Waals surface area contributed by atoms with Crippen molar-refractivity contribution in [3.05, 3.63) is 29.6 Å². The van der Waals surface area contributed by atoms with E-state index in [1.165, 1.54) is 17.0 Å². The molecule has 3 aliphatic rings. The van der Waals surface area contributed by atoms with Crippen LogP contribution >= 0.6 is 0 Å². The number of benzene rings is 1. The molecule has 2 aliphatic heterocycles. The highest BCUT2D eigenvalue weighted by Gasteiger charge is 2.48. The van der Waals surface area contributed by atoms with Crippen molar-refractivity contribution in [2.45, 2.75) is 77.0 Å². The molecule has 2 unspecified atom stereocenters. The smallest absolute Gasteiger partial charge is 0.231 e. The minimum atomic E-state index is -0.470. The number of aliphatic imine (C=N–C) groups is 1. The number of fused-ring (bicyclic) bond motifs is 1. The van der Waals surface area contributed by atoms with Gasteiger partial charge in [0.1, 0.15) is 17.2 Å². The van der Waals surface area contributed by atoms with Crippen LogP contribution in [-0.4, -0.2) is 40.4 Å². The van der Waals surface area contributed by atoms with Gasteiger partial charge >= 0.3 is 0 Å². The molecule has 8 heteroatoms. The lowest BCUT2D eigenvalue weighted by Gasteiger charge is -2.38. The summed E-state index contributed by atoms with van der Waals surface area (Å²) in [6, 6.07) is 4.08. The fourth-order valence-electron chi connectivity index (χ4n) is 4.94. The molecule has 2 amide bonds. The van der Waals surface area contributed by atoms with Gasteiger partial charge in [-0.1, -0.05) is 13.8 Å². The highest BCUT2D eigenvalue weighted by Crippen LogP contribution is 2.43. The molecule has 0 radical (unpaired) electrons. The molecule has 2 heterocycles. The predicted molar refractivity (Wildman–Crippen MR) is 119 cm³/mol. The van der Waals surface area contributed by atoms with Gasteiger partial charge in [0.2, 0.25) is 11.8 Å². The number of hydrogen-bond donors (Lipinski definition) is 2. The summed E-state index contributed by atoms with van der Waals surface area (Å²) in [4.78, 5) is 31.9. The lowest BCUT2D eigenvalue weighted by molar-refractivity contribution is -0.130. The molecule has 3 N–H and O–H groups in total. The van der Waals surface area contributed by atoms with Crippen LogP contribution in [0.5, 0.6) is 5.75 Å². The van der Waals surface area contributed by atoms with Crippen LogP contribution in [0.25, 0.3) is 0 Å². The topological polar surface area (TPSA) is 97.0 Å². The van der Waals surface area contributed by atoms with Crippen molar-refractivity contribution < 1.29 is 18.7 Å². The third kappa shape index (κ3) is 4.32. The van der Waals surface area contributed by atoms with Crippen LogP contribution in [0.3, 0.4) is 0 Å². The third-order valence-corrected chi connectivity index (χ3v) is 7.15. The standard InChI is InChI=1S/C24H33FN4O3/c1-5-24(6-2)12-20(30)29(22(26)28-24)13-14-9-16(14)21(31)27-18-11-23(3,4)32-19-8-7-15(25)10-17(18)19/h7-8,10,14,16,18H,5-6,9,11-13H2,1-4H3,(H2,26,28)(H,27,31)/t14?,16-,18?/m1/s1. The zero-order valence-corrected chi connectivity index (χ0v) is 19.3. The maximum absolute atomic E-state index is 13.8. The fourth-order valence-corrected chi connectivity index (χ4v) is 4.94. The van der Waals surface area contributed by atoms with Crippen LogP contribution in [0, 0.1) is 17.7 Å². The van der Waals surface area contributed by atoms with E-state index in [1.54, 1.807) is 6.07 Å². The van der Waals surface area contributed by atoms with E-state index in [0.717, 1.165) is 12.8 Å². The molecule has 1 fully saturated rings. The number of amides is 2. The van der Waals surface area contributed by atoms with E-state index >= 15 is 0 Å². The number of guanidine groups is 1. The molecule has 1 aromatic carbocycles. The third-order valence-electron chi connectivity index (χ3n) is 7.15. The van der Waals surface area contributed by atoms with Crippen LogP contribution in [-0.2, 0) is 9.59 Å². The summed E-state index contributed by atoms with van der Waals surface area (Å²) in [5, 5.41) is 3.09. The van der Waals surface area contributed by atoms with Crippen LogP contribution in [0.1, 0.15) is 71.4 Å². The first kappa shape index (κ1) is 22.6. The van der Waals surface area contributed by atoms with E-state index in [-0.39, 0.29) is 41.5 Å². The average Bonchev–Trinajstić information content (AvgIpc) is 3.50. The number of halogens is 1. The monoisotopic (exact) mass is 444 g/mol. The van der Waals surface area contributed by atoms with Crippen molar-refractivity contribution in [1.29, 1.82) is 0 Å². The molecular formula is C24H33FN4O3. The zero-order valence-electron chi connectivity index (χ0n) is 19.3. The summed E-state index contributed by atoms with van der Waals surface area (Å²) in [6.45, 7) is 8.35. The minimum Gasteiger partial charge on any atom is -0.487 e. The van der Waals surface area contributed by atoms with Crippen LogP contribution in [0.2, 0.25) is 0 Å². The summed E-state index contributed by atoms with van der Waals surface area (Å²) in [5.41, 5.74) is 5.93. The second kappa shape index (κ2) is 8.05. The maximum atomic E-state index is 13.8. The van der Waals surface area contributed by atoms with Crippen molar-refractivity contribution in [3.8, 4) is 5.75 Å². The number of nitrogens with one attached hydrogen (secondary N) is 1. The molecular weight excluding hydrogens is 411 g/mol. The summed E-state index contributed by atoms with van der Waals surface area (Å²) in [7, 11) is 0. The fraction of sp³-hybridized carbons (Fsp3) is 0.625. The highest BCUT2D eigenvalue weighted by atomic mass is 19.1. The molecule has 1 saturated carbocycles. The molecule has 4 rings (SSSR count). The highest BCUT2D eigenvalue weighted by molar-refractivity contribution is 5.99. The zero-order chi connectivity index (χ0) is 23.3. The number of carbonyl (C=O) groups excluding carboxylic acids is 2. The Labute approximate surface area is 188 Å². The van der Waals surface area contributed by atoms with Gasteiger partial charge in [0.25, 0.3) is 0 Å². The normalized spacial score (nSPS) is 27.8. The molecule has 1 aliphatic carbocycles. The van der Waals surface area contributed by atoms with E-state index in [4.69, 9.17) is 10.5 Å². The molecule has 7 nitrogen and oxygen atoms in total.